The Labute approximate surface area is 123 Å². The molecule has 104 valence electrons. The van der Waals surface area contributed by atoms with E-state index in [2.05, 4.69) is 31.2 Å². The lowest BCUT2D eigenvalue weighted by molar-refractivity contribution is -0.132. The quantitative estimate of drug-likeness (QED) is 0.866. The number of carbonyl (C=O) groups excluding carboxylic acids is 1. The third-order valence-electron chi connectivity index (χ3n) is 3.56. The number of hydrogen-bond donors (Lipinski definition) is 0. The zero-order valence-corrected chi connectivity index (χ0v) is 12.3. The van der Waals surface area contributed by atoms with E-state index in [4.69, 9.17) is 0 Å². The molecular weight excluding hydrogens is 268 g/mol. The molecule has 0 N–H and O–H groups in total. The van der Waals surface area contributed by atoms with Crippen molar-refractivity contribution in [1.29, 1.82) is 0 Å². The van der Waals surface area contributed by atoms with Crippen LogP contribution in [-0.4, -0.2) is 27.7 Å². The Hall–Kier alpha value is -1.68. The van der Waals surface area contributed by atoms with E-state index in [0.717, 1.165) is 12.3 Å². The molecule has 1 atom stereocenters. The summed E-state index contributed by atoms with van der Waals surface area (Å²) >= 11 is 1.85. The fraction of sp³-hybridized carbons (Fsp3) is 0.312. The number of rotatable bonds is 3. The van der Waals surface area contributed by atoms with Crippen molar-refractivity contribution in [3.05, 3.63) is 59.9 Å². The Morgan fingerprint density at radius 2 is 1.95 bits per heavy atom. The van der Waals surface area contributed by atoms with Gasteiger partial charge in [-0.1, -0.05) is 29.8 Å². The summed E-state index contributed by atoms with van der Waals surface area (Å²) in [6.07, 6.45) is 3.87. The summed E-state index contributed by atoms with van der Waals surface area (Å²) in [5.41, 5.74) is 2.47. The lowest BCUT2D eigenvalue weighted by atomic mass is 10.1. The van der Waals surface area contributed by atoms with Crippen LogP contribution in [0.25, 0.3) is 0 Å². The standard InChI is InChI=1S/C16H18N2OS/c1-13-4-6-14(7-5-13)16-18(10-11-20-16)15(19)12-17-8-2-3-9-17/h2-9,16H,10-12H2,1H3. The van der Waals surface area contributed by atoms with E-state index in [0.29, 0.717) is 6.54 Å². The average Bonchev–Trinajstić information content (AvgIpc) is 3.10. The van der Waals surface area contributed by atoms with E-state index >= 15 is 0 Å². The maximum atomic E-state index is 12.5. The minimum absolute atomic E-state index is 0.165. The fourth-order valence-electron chi connectivity index (χ4n) is 2.46. The maximum absolute atomic E-state index is 12.5. The van der Waals surface area contributed by atoms with Crippen LogP contribution in [0.5, 0.6) is 0 Å². The van der Waals surface area contributed by atoms with Gasteiger partial charge in [0.1, 0.15) is 11.9 Å². The highest BCUT2D eigenvalue weighted by atomic mass is 32.2. The van der Waals surface area contributed by atoms with Crippen LogP contribution in [0.15, 0.2) is 48.8 Å². The molecule has 1 saturated heterocycles. The van der Waals surface area contributed by atoms with Crippen LogP contribution in [-0.2, 0) is 11.3 Å². The molecule has 1 amide bonds. The van der Waals surface area contributed by atoms with Crippen molar-refractivity contribution in [3.8, 4) is 0 Å². The van der Waals surface area contributed by atoms with Crippen LogP contribution in [0.1, 0.15) is 16.5 Å². The Balaban J connectivity index is 1.75. The molecule has 3 nitrogen and oxygen atoms in total. The molecule has 1 aliphatic heterocycles. The van der Waals surface area contributed by atoms with E-state index < -0.39 is 0 Å². The summed E-state index contributed by atoms with van der Waals surface area (Å²) in [6, 6.07) is 12.4. The van der Waals surface area contributed by atoms with Crippen LogP contribution >= 0.6 is 11.8 Å². The van der Waals surface area contributed by atoms with Gasteiger partial charge in [-0.15, -0.1) is 11.8 Å². The van der Waals surface area contributed by atoms with Crippen molar-refractivity contribution in [2.45, 2.75) is 18.8 Å². The first kappa shape index (κ1) is 13.3. The Morgan fingerprint density at radius 1 is 1.25 bits per heavy atom. The first-order valence-electron chi connectivity index (χ1n) is 6.82. The number of aromatic nitrogens is 1. The minimum atomic E-state index is 0.165. The monoisotopic (exact) mass is 286 g/mol. The van der Waals surface area contributed by atoms with Crippen LogP contribution in [0.4, 0.5) is 0 Å². The molecule has 0 spiro atoms. The molecule has 4 heteroatoms. The highest BCUT2D eigenvalue weighted by Gasteiger charge is 2.30. The van der Waals surface area contributed by atoms with Crippen molar-refractivity contribution in [2.24, 2.45) is 0 Å². The predicted octanol–water partition coefficient (Wildman–Crippen LogP) is 3.07. The van der Waals surface area contributed by atoms with Gasteiger partial charge in [-0.3, -0.25) is 4.79 Å². The number of benzene rings is 1. The highest BCUT2D eigenvalue weighted by Crippen LogP contribution is 2.37. The number of amides is 1. The summed E-state index contributed by atoms with van der Waals surface area (Å²) in [4.78, 5) is 14.5. The van der Waals surface area contributed by atoms with Gasteiger partial charge >= 0.3 is 0 Å². The van der Waals surface area contributed by atoms with E-state index in [1.807, 2.05) is 45.8 Å². The number of nitrogens with zero attached hydrogens (tertiary/aromatic N) is 2. The Morgan fingerprint density at radius 3 is 2.65 bits per heavy atom. The molecular formula is C16H18N2OS. The third kappa shape index (κ3) is 2.75. The number of aryl methyl sites for hydroxylation is 1. The van der Waals surface area contributed by atoms with Gasteiger partial charge in [0.25, 0.3) is 0 Å². The molecule has 0 aliphatic carbocycles. The van der Waals surface area contributed by atoms with E-state index in [1.54, 1.807) is 0 Å². The Kier molecular flexibility index (Phi) is 3.83. The molecule has 20 heavy (non-hydrogen) atoms. The molecule has 1 fully saturated rings. The molecule has 0 saturated carbocycles. The molecule has 0 radical (unpaired) electrons. The second-order valence-electron chi connectivity index (χ2n) is 5.08. The summed E-state index contributed by atoms with van der Waals surface area (Å²) in [7, 11) is 0. The summed E-state index contributed by atoms with van der Waals surface area (Å²) in [6.45, 7) is 3.35. The van der Waals surface area contributed by atoms with Gasteiger partial charge in [-0.25, -0.2) is 0 Å². The molecule has 3 rings (SSSR count). The van der Waals surface area contributed by atoms with Crippen LogP contribution in [0.3, 0.4) is 0 Å². The van der Waals surface area contributed by atoms with Crippen molar-refractivity contribution in [2.75, 3.05) is 12.3 Å². The lowest BCUT2D eigenvalue weighted by Gasteiger charge is -2.24. The van der Waals surface area contributed by atoms with E-state index in [9.17, 15) is 4.79 Å². The van der Waals surface area contributed by atoms with E-state index in [-0.39, 0.29) is 11.3 Å². The maximum Gasteiger partial charge on any atom is 0.243 e. The zero-order chi connectivity index (χ0) is 13.9. The van der Waals surface area contributed by atoms with Gasteiger partial charge in [0.2, 0.25) is 5.91 Å². The number of carbonyl (C=O) groups is 1. The van der Waals surface area contributed by atoms with Gasteiger partial charge < -0.3 is 9.47 Å². The third-order valence-corrected chi connectivity index (χ3v) is 4.82. The first-order chi connectivity index (χ1) is 9.74. The van der Waals surface area contributed by atoms with Crippen molar-refractivity contribution >= 4 is 17.7 Å². The van der Waals surface area contributed by atoms with Crippen molar-refractivity contribution in [3.63, 3.8) is 0 Å². The number of hydrogen-bond acceptors (Lipinski definition) is 2. The highest BCUT2D eigenvalue weighted by molar-refractivity contribution is 7.99. The van der Waals surface area contributed by atoms with Gasteiger partial charge in [0.05, 0.1) is 0 Å². The van der Waals surface area contributed by atoms with Crippen LogP contribution < -0.4 is 0 Å². The molecule has 2 heterocycles. The molecule has 1 aromatic heterocycles. The van der Waals surface area contributed by atoms with Gasteiger partial charge in [0, 0.05) is 24.7 Å². The zero-order valence-electron chi connectivity index (χ0n) is 11.5. The SMILES string of the molecule is Cc1ccc(C2SCCN2C(=O)Cn2cccc2)cc1. The topological polar surface area (TPSA) is 25.2 Å². The largest absolute Gasteiger partial charge is 0.345 e. The molecule has 1 aliphatic rings. The van der Waals surface area contributed by atoms with Gasteiger partial charge in [0.15, 0.2) is 0 Å². The minimum Gasteiger partial charge on any atom is -0.345 e. The van der Waals surface area contributed by atoms with Crippen molar-refractivity contribution in [1.82, 2.24) is 9.47 Å². The van der Waals surface area contributed by atoms with Gasteiger partial charge in [-0.2, -0.15) is 0 Å². The normalized spacial score (nSPS) is 18.4. The Bertz CT molecular complexity index is 577. The van der Waals surface area contributed by atoms with Crippen LogP contribution in [0, 0.1) is 6.92 Å². The molecule has 1 aromatic carbocycles. The average molecular weight is 286 g/mol. The second kappa shape index (κ2) is 5.75. The molecule has 0 bridgehead atoms. The predicted molar refractivity (Wildman–Crippen MR) is 82.5 cm³/mol. The van der Waals surface area contributed by atoms with Crippen molar-refractivity contribution < 1.29 is 4.79 Å². The number of thioether (sulfide) groups is 1. The van der Waals surface area contributed by atoms with Gasteiger partial charge in [-0.05, 0) is 24.6 Å². The summed E-state index contributed by atoms with van der Waals surface area (Å²) in [5, 5.41) is 0.165. The lowest BCUT2D eigenvalue weighted by Crippen LogP contribution is -2.33. The second-order valence-corrected chi connectivity index (χ2v) is 6.26. The van der Waals surface area contributed by atoms with Crippen LogP contribution in [0.2, 0.25) is 0 Å². The van der Waals surface area contributed by atoms with E-state index in [1.165, 1.54) is 11.1 Å². The fourth-order valence-corrected chi connectivity index (χ4v) is 3.73. The first-order valence-corrected chi connectivity index (χ1v) is 7.87. The molecule has 1 unspecified atom stereocenters. The summed E-state index contributed by atoms with van der Waals surface area (Å²) < 4.78 is 1.93. The summed E-state index contributed by atoms with van der Waals surface area (Å²) in [5.74, 6) is 1.20. The smallest absolute Gasteiger partial charge is 0.243 e. The molecule has 2 aromatic rings.